The number of aromatic nitrogens is 2. The summed E-state index contributed by atoms with van der Waals surface area (Å²) in [5.41, 5.74) is 3.74. The maximum Gasteiger partial charge on any atom is 0.405 e. The van der Waals surface area contributed by atoms with Crippen molar-refractivity contribution >= 4 is 18.0 Å². The van der Waals surface area contributed by atoms with Crippen LogP contribution < -0.4 is 10.0 Å². The molecule has 1 atom stereocenters. The lowest BCUT2D eigenvalue weighted by Gasteiger charge is -2.14. The van der Waals surface area contributed by atoms with Gasteiger partial charge in [0.25, 0.3) is 0 Å². The van der Waals surface area contributed by atoms with Crippen LogP contribution >= 0.6 is 11.9 Å². The molecule has 6 nitrogen and oxygen atoms in total. The number of unbranched alkanes of at least 4 members (excludes halogenated alkanes) is 1. The number of carboxylic acid groups (broad SMARTS) is 1. The van der Waals surface area contributed by atoms with Crippen molar-refractivity contribution in [2.45, 2.75) is 32.2 Å². The quantitative estimate of drug-likeness (QED) is 0.242. The van der Waals surface area contributed by atoms with E-state index in [0.29, 0.717) is 12.2 Å². The second kappa shape index (κ2) is 11.4. The van der Waals surface area contributed by atoms with Gasteiger partial charge < -0.3 is 15.4 Å². The third-order valence-corrected chi connectivity index (χ3v) is 5.42. The molecule has 30 heavy (non-hydrogen) atoms. The average molecular weight is 425 g/mol. The highest BCUT2D eigenvalue weighted by Gasteiger charge is 2.21. The fourth-order valence-corrected chi connectivity index (χ4v) is 3.81. The molecule has 1 unspecified atom stereocenters. The average Bonchev–Trinajstić information content (AvgIpc) is 3.22. The molecule has 0 aliphatic rings. The summed E-state index contributed by atoms with van der Waals surface area (Å²) < 4.78 is 3.30. The number of aromatic amines is 1. The summed E-state index contributed by atoms with van der Waals surface area (Å²) in [6.07, 6.45) is 1.51. The number of hydrogen-bond donors (Lipinski definition) is 4. The van der Waals surface area contributed by atoms with Crippen molar-refractivity contribution in [3.05, 3.63) is 66.5 Å². The standard InChI is InChI=1S/C23H28N4O2S/c1-2-30-24-16-10-9-15-19(25-23(28)29)22-26-20(17-11-5-3-6-12-17)21(27-22)18-13-7-4-8-14-18/h3-8,11-14,19,24-25H,2,9-10,15-16H2,1H3,(H,26,27)(H,28,29). The van der Waals surface area contributed by atoms with Crippen molar-refractivity contribution in [2.24, 2.45) is 0 Å². The van der Waals surface area contributed by atoms with Gasteiger partial charge in [-0.2, -0.15) is 0 Å². The number of rotatable bonds is 11. The molecule has 2 aromatic carbocycles. The highest BCUT2D eigenvalue weighted by molar-refractivity contribution is 7.97. The van der Waals surface area contributed by atoms with Gasteiger partial charge in [-0.3, -0.25) is 4.72 Å². The van der Waals surface area contributed by atoms with Gasteiger partial charge in [0.05, 0.1) is 17.4 Å². The van der Waals surface area contributed by atoms with Gasteiger partial charge >= 0.3 is 6.09 Å². The molecule has 0 bridgehead atoms. The van der Waals surface area contributed by atoms with Gasteiger partial charge in [0.2, 0.25) is 0 Å². The molecule has 4 N–H and O–H groups in total. The van der Waals surface area contributed by atoms with E-state index in [9.17, 15) is 9.90 Å². The van der Waals surface area contributed by atoms with Gasteiger partial charge in [0, 0.05) is 23.4 Å². The van der Waals surface area contributed by atoms with Gasteiger partial charge in [-0.05, 0) is 19.3 Å². The third-order valence-electron chi connectivity index (χ3n) is 4.73. The lowest BCUT2D eigenvalue weighted by Crippen LogP contribution is -2.27. The summed E-state index contributed by atoms with van der Waals surface area (Å²) in [5, 5.41) is 12.0. The van der Waals surface area contributed by atoms with Crippen LogP contribution in [0.5, 0.6) is 0 Å². The van der Waals surface area contributed by atoms with E-state index in [1.165, 1.54) is 0 Å². The Balaban J connectivity index is 1.86. The zero-order valence-electron chi connectivity index (χ0n) is 17.1. The fourth-order valence-electron chi connectivity index (χ4n) is 3.32. The highest BCUT2D eigenvalue weighted by Crippen LogP contribution is 2.32. The van der Waals surface area contributed by atoms with Crippen LogP contribution in [0.4, 0.5) is 4.79 Å². The van der Waals surface area contributed by atoms with Crippen molar-refractivity contribution < 1.29 is 9.90 Å². The smallest absolute Gasteiger partial charge is 0.405 e. The first-order valence-electron chi connectivity index (χ1n) is 10.2. The largest absolute Gasteiger partial charge is 0.465 e. The number of imidazole rings is 1. The lowest BCUT2D eigenvalue weighted by atomic mass is 10.1. The Hall–Kier alpha value is -2.77. The minimum atomic E-state index is -1.04. The number of nitrogens with one attached hydrogen (secondary N) is 3. The monoisotopic (exact) mass is 424 g/mol. The molecule has 0 fully saturated rings. The summed E-state index contributed by atoms with van der Waals surface area (Å²) in [6.45, 7) is 3.01. The van der Waals surface area contributed by atoms with E-state index in [0.717, 1.165) is 47.7 Å². The van der Waals surface area contributed by atoms with E-state index < -0.39 is 6.09 Å². The van der Waals surface area contributed by atoms with Crippen LogP contribution in [0.3, 0.4) is 0 Å². The molecule has 3 rings (SSSR count). The zero-order valence-corrected chi connectivity index (χ0v) is 17.9. The predicted octanol–water partition coefficient (Wildman–Crippen LogP) is 5.48. The van der Waals surface area contributed by atoms with E-state index in [4.69, 9.17) is 4.98 Å². The van der Waals surface area contributed by atoms with Crippen molar-refractivity contribution in [3.8, 4) is 22.5 Å². The van der Waals surface area contributed by atoms with Crippen molar-refractivity contribution in [1.29, 1.82) is 0 Å². The molecule has 1 amide bonds. The van der Waals surface area contributed by atoms with Gasteiger partial charge in [-0.15, -0.1) is 0 Å². The number of amides is 1. The zero-order chi connectivity index (χ0) is 21.2. The maximum atomic E-state index is 11.4. The number of benzene rings is 2. The molecule has 1 heterocycles. The van der Waals surface area contributed by atoms with Crippen molar-refractivity contribution in [1.82, 2.24) is 20.0 Å². The molecular formula is C23H28N4O2S. The first kappa shape index (κ1) is 21.9. The maximum absolute atomic E-state index is 11.4. The highest BCUT2D eigenvalue weighted by atomic mass is 32.2. The second-order valence-electron chi connectivity index (χ2n) is 6.90. The molecule has 158 valence electrons. The van der Waals surface area contributed by atoms with Crippen LogP contribution in [-0.2, 0) is 0 Å². The Labute approximate surface area is 181 Å². The molecule has 7 heteroatoms. The van der Waals surface area contributed by atoms with Gasteiger partial charge in [-0.1, -0.05) is 79.5 Å². The third kappa shape index (κ3) is 6.11. The van der Waals surface area contributed by atoms with Crippen LogP contribution in [0.2, 0.25) is 0 Å². The molecule has 0 aliphatic carbocycles. The fraction of sp³-hybridized carbons (Fsp3) is 0.304. The summed E-state index contributed by atoms with van der Waals surface area (Å²) in [7, 11) is 0. The van der Waals surface area contributed by atoms with Crippen molar-refractivity contribution in [2.75, 3.05) is 12.3 Å². The van der Waals surface area contributed by atoms with Crippen molar-refractivity contribution in [3.63, 3.8) is 0 Å². The SMILES string of the molecule is CCSNCCCCC(NC(=O)O)c1nc(-c2ccccc2)c(-c2ccccc2)[nH]1. The van der Waals surface area contributed by atoms with Crippen LogP contribution in [0.25, 0.3) is 22.5 Å². The number of hydrogen-bond acceptors (Lipinski definition) is 4. The van der Waals surface area contributed by atoms with E-state index in [1.807, 2.05) is 60.7 Å². The van der Waals surface area contributed by atoms with Crippen LogP contribution in [0, 0.1) is 0 Å². The summed E-state index contributed by atoms with van der Waals surface area (Å²) >= 11 is 1.70. The number of H-pyrrole nitrogens is 1. The first-order chi connectivity index (χ1) is 14.7. The minimum Gasteiger partial charge on any atom is -0.465 e. The predicted molar refractivity (Wildman–Crippen MR) is 123 cm³/mol. The Morgan fingerprint density at radius 1 is 1.07 bits per heavy atom. The Morgan fingerprint density at radius 3 is 2.37 bits per heavy atom. The molecule has 1 aromatic heterocycles. The van der Waals surface area contributed by atoms with Crippen LogP contribution in [-0.4, -0.2) is 33.5 Å². The second-order valence-corrected chi connectivity index (χ2v) is 8.06. The molecule has 0 saturated carbocycles. The Kier molecular flexibility index (Phi) is 8.35. The van der Waals surface area contributed by atoms with E-state index in [2.05, 4.69) is 21.9 Å². The topological polar surface area (TPSA) is 90.0 Å². The minimum absolute atomic E-state index is 0.388. The summed E-state index contributed by atoms with van der Waals surface area (Å²) in [5.74, 6) is 1.67. The summed E-state index contributed by atoms with van der Waals surface area (Å²) in [6, 6.07) is 19.6. The van der Waals surface area contributed by atoms with Gasteiger partial charge in [0.1, 0.15) is 5.82 Å². The molecule has 0 radical (unpaired) electrons. The molecule has 0 spiro atoms. The van der Waals surface area contributed by atoms with Gasteiger partial charge in [0.15, 0.2) is 0 Å². The molecule has 0 aliphatic heterocycles. The van der Waals surface area contributed by atoms with E-state index >= 15 is 0 Å². The van der Waals surface area contributed by atoms with E-state index in [1.54, 1.807) is 11.9 Å². The van der Waals surface area contributed by atoms with Crippen LogP contribution in [0.1, 0.15) is 38.1 Å². The summed E-state index contributed by atoms with van der Waals surface area (Å²) in [4.78, 5) is 19.7. The molecule has 0 saturated heterocycles. The lowest BCUT2D eigenvalue weighted by molar-refractivity contribution is 0.188. The van der Waals surface area contributed by atoms with Crippen LogP contribution in [0.15, 0.2) is 60.7 Å². The molecular weight excluding hydrogens is 396 g/mol. The normalized spacial score (nSPS) is 11.9. The first-order valence-corrected chi connectivity index (χ1v) is 11.2. The molecule has 3 aromatic rings. The van der Waals surface area contributed by atoms with Gasteiger partial charge in [-0.25, -0.2) is 9.78 Å². The van der Waals surface area contributed by atoms with E-state index in [-0.39, 0.29) is 6.04 Å². The Morgan fingerprint density at radius 2 is 1.73 bits per heavy atom. The Bertz CT molecular complexity index is 858. The number of nitrogens with zero attached hydrogens (tertiary/aromatic N) is 1. The number of carbonyl (C=O) groups is 1.